The predicted octanol–water partition coefficient (Wildman–Crippen LogP) is 1.05. The molecule has 3 nitrogen and oxygen atoms in total. The van der Waals surface area contributed by atoms with Gasteiger partial charge in [-0.2, -0.15) is 0 Å². The van der Waals surface area contributed by atoms with Crippen LogP contribution in [0.25, 0.3) is 0 Å². The number of likely N-dealkylation sites (N-methyl/N-ethyl adjacent to an activating group) is 1. The van der Waals surface area contributed by atoms with Crippen molar-refractivity contribution in [3.63, 3.8) is 0 Å². The highest BCUT2D eigenvalue weighted by Gasteiger charge is 2.28. The molecule has 2 unspecified atom stereocenters. The van der Waals surface area contributed by atoms with Crippen molar-refractivity contribution in [3.05, 3.63) is 0 Å². The van der Waals surface area contributed by atoms with Gasteiger partial charge in [0.05, 0.1) is 6.10 Å². The van der Waals surface area contributed by atoms with Crippen LogP contribution in [0, 0.1) is 0 Å². The van der Waals surface area contributed by atoms with E-state index in [-0.39, 0.29) is 0 Å². The molecule has 84 valence electrons. The molecular weight excluding hydrogens is 176 g/mol. The SMILES string of the molecule is COC(C)C(C)N1CCN(C)C[C@H]1C. The lowest BCUT2D eigenvalue weighted by Crippen LogP contribution is -2.56. The lowest BCUT2D eigenvalue weighted by Gasteiger charge is -2.43. The molecular formula is C11H24N2O. The monoisotopic (exact) mass is 200 g/mol. The number of piperazine rings is 1. The molecule has 0 aliphatic carbocycles. The second kappa shape index (κ2) is 5.10. The largest absolute Gasteiger partial charge is 0.380 e. The van der Waals surface area contributed by atoms with Crippen LogP contribution in [0.4, 0.5) is 0 Å². The fraction of sp³-hybridized carbons (Fsp3) is 1.00. The maximum absolute atomic E-state index is 5.39. The Bertz CT molecular complexity index is 175. The maximum atomic E-state index is 5.39. The van der Waals surface area contributed by atoms with Crippen molar-refractivity contribution < 1.29 is 4.74 Å². The minimum atomic E-state index is 0.320. The van der Waals surface area contributed by atoms with Crippen LogP contribution < -0.4 is 0 Å². The summed E-state index contributed by atoms with van der Waals surface area (Å²) in [5, 5.41) is 0. The molecule has 1 saturated heterocycles. The average Bonchev–Trinajstić information content (AvgIpc) is 2.15. The summed E-state index contributed by atoms with van der Waals surface area (Å²) in [5.41, 5.74) is 0. The van der Waals surface area contributed by atoms with Crippen molar-refractivity contribution in [1.82, 2.24) is 9.80 Å². The van der Waals surface area contributed by atoms with Crippen LogP contribution >= 0.6 is 0 Å². The van der Waals surface area contributed by atoms with Gasteiger partial charge in [-0.3, -0.25) is 4.90 Å². The van der Waals surface area contributed by atoms with Crippen LogP contribution in [-0.2, 0) is 4.74 Å². The second-order valence-electron chi connectivity index (χ2n) is 4.53. The summed E-state index contributed by atoms with van der Waals surface area (Å²) in [7, 11) is 3.99. The van der Waals surface area contributed by atoms with Gasteiger partial charge in [0, 0.05) is 38.8 Å². The Hall–Kier alpha value is -0.120. The van der Waals surface area contributed by atoms with Gasteiger partial charge in [-0.25, -0.2) is 0 Å². The molecule has 0 saturated carbocycles. The fourth-order valence-corrected chi connectivity index (χ4v) is 2.23. The lowest BCUT2D eigenvalue weighted by molar-refractivity contribution is -0.00927. The standard InChI is InChI=1S/C11H24N2O/c1-9-8-12(4)6-7-13(9)10(2)11(3)14-5/h9-11H,6-8H2,1-5H3/t9-,10?,11?/m1/s1. The van der Waals surface area contributed by atoms with E-state index in [4.69, 9.17) is 4.74 Å². The molecule has 3 atom stereocenters. The predicted molar refractivity (Wildman–Crippen MR) is 59.6 cm³/mol. The molecule has 1 fully saturated rings. The quantitative estimate of drug-likeness (QED) is 0.677. The maximum Gasteiger partial charge on any atom is 0.0695 e. The first-order valence-electron chi connectivity index (χ1n) is 5.53. The first-order chi connectivity index (χ1) is 6.56. The number of hydrogen-bond donors (Lipinski definition) is 0. The van der Waals surface area contributed by atoms with Crippen molar-refractivity contribution in [2.45, 2.75) is 39.0 Å². The van der Waals surface area contributed by atoms with Crippen molar-refractivity contribution in [3.8, 4) is 0 Å². The van der Waals surface area contributed by atoms with E-state index in [1.54, 1.807) is 7.11 Å². The summed E-state index contributed by atoms with van der Waals surface area (Å²) in [6.45, 7) is 10.2. The van der Waals surface area contributed by atoms with E-state index in [0.29, 0.717) is 18.2 Å². The van der Waals surface area contributed by atoms with E-state index in [2.05, 4.69) is 37.6 Å². The van der Waals surface area contributed by atoms with Gasteiger partial charge in [0.25, 0.3) is 0 Å². The van der Waals surface area contributed by atoms with Gasteiger partial charge in [-0.05, 0) is 27.8 Å². The Labute approximate surface area is 88.0 Å². The number of nitrogens with zero attached hydrogens (tertiary/aromatic N) is 2. The smallest absolute Gasteiger partial charge is 0.0695 e. The van der Waals surface area contributed by atoms with Crippen molar-refractivity contribution in [1.29, 1.82) is 0 Å². The molecule has 1 aliphatic heterocycles. The van der Waals surface area contributed by atoms with E-state index in [1.807, 2.05) is 0 Å². The molecule has 3 heteroatoms. The average molecular weight is 200 g/mol. The summed E-state index contributed by atoms with van der Waals surface area (Å²) >= 11 is 0. The zero-order valence-corrected chi connectivity index (χ0v) is 10.2. The molecule has 0 aromatic carbocycles. The zero-order valence-electron chi connectivity index (χ0n) is 10.2. The molecule has 1 heterocycles. The van der Waals surface area contributed by atoms with Crippen molar-refractivity contribution in [2.24, 2.45) is 0 Å². The highest BCUT2D eigenvalue weighted by atomic mass is 16.5. The van der Waals surface area contributed by atoms with Gasteiger partial charge >= 0.3 is 0 Å². The normalized spacial score (nSPS) is 30.2. The Kier molecular flexibility index (Phi) is 4.35. The van der Waals surface area contributed by atoms with Gasteiger partial charge in [0.1, 0.15) is 0 Å². The van der Waals surface area contributed by atoms with Crippen LogP contribution in [0.2, 0.25) is 0 Å². The summed E-state index contributed by atoms with van der Waals surface area (Å²) in [6, 6.07) is 1.16. The molecule has 0 spiro atoms. The first kappa shape index (κ1) is 12.0. The van der Waals surface area contributed by atoms with Gasteiger partial charge in [0.2, 0.25) is 0 Å². The Morgan fingerprint density at radius 2 is 1.93 bits per heavy atom. The molecule has 1 rings (SSSR count). The Morgan fingerprint density at radius 1 is 1.29 bits per heavy atom. The minimum Gasteiger partial charge on any atom is -0.380 e. The third-order valence-electron chi connectivity index (χ3n) is 3.46. The fourth-order valence-electron chi connectivity index (χ4n) is 2.23. The molecule has 0 aromatic heterocycles. The van der Waals surface area contributed by atoms with E-state index in [1.165, 1.54) is 13.1 Å². The van der Waals surface area contributed by atoms with Crippen LogP contribution in [-0.4, -0.2) is 61.8 Å². The van der Waals surface area contributed by atoms with E-state index in [9.17, 15) is 0 Å². The molecule has 1 aliphatic rings. The lowest BCUT2D eigenvalue weighted by atomic mass is 10.1. The number of rotatable bonds is 3. The molecule has 0 N–H and O–H groups in total. The Morgan fingerprint density at radius 3 is 2.43 bits per heavy atom. The molecule has 0 aromatic rings. The second-order valence-corrected chi connectivity index (χ2v) is 4.53. The van der Waals surface area contributed by atoms with Crippen LogP contribution in [0.15, 0.2) is 0 Å². The molecule has 0 bridgehead atoms. The highest BCUT2D eigenvalue weighted by Crippen LogP contribution is 2.15. The summed E-state index contributed by atoms with van der Waals surface area (Å²) in [6.07, 6.45) is 0.320. The molecule has 0 radical (unpaired) electrons. The van der Waals surface area contributed by atoms with Gasteiger partial charge < -0.3 is 9.64 Å². The number of ether oxygens (including phenoxy) is 1. The van der Waals surface area contributed by atoms with Crippen LogP contribution in [0.3, 0.4) is 0 Å². The summed E-state index contributed by atoms with van der Waals surface area (Å²) < 4.78 is 5.39. The third-order valence-corrected chi connectivity index (χ3v) is 3.46. The van der Waals surface area contributed by atoms with Gasteiger partial charge in [0.15, 0.2) is 0 Å². The van der Waals surface area contributed by atoms with Crippen molar-refractivity contribution in [2.75, 3.05) is 33.8 Å². The van der Waals surface area contributed by atoms with Crippen LogP contribution in [0.5, 0.6) is 0 Å². The summed E-state index contributed by atoms with van der Waals surface area (Å²) in [5.74, 6) is 0. The first-order valence-corrected chi connectivity index (χ1v) is 5.53. The highest BCUT2D eigenvalue weighted by molar-refractivity contribution is 4.83. The molecule has 0 amide bonds. The van der Waals surface area contributed by atoms with E-state index in [0.717, 1.165) is 6.54 Å². The van der Waals surface area contributed by atoms with Gasteiger partial charge in [-0.1, -0.05) is 0 Å². The summed E-state index contributed by atoms with van der Waals surface area (Å²) in [4.78, 5) is 4.94. The molecule has 14 heavy (non-hydrogen) atoms. The van der Waals surface area contributed by atoms with E-state index >= 15 is 0 Å². The van der Waals surface area contributed by atoms with Crippen molar-refractivity contribution >= 4 is 0 Å². The Balaban J connectivity index is 2.51. The van der Waals surface area contributed by atoms with E-state index < -0.39 is 0 Å². The number of hydrogen-bond acceptors (Lipinski definition) is 3. The number of methoxy groups -OCH3 is 1. The van der Waals surface area contributed by atoms with Gasteiger partial charge in [-0.15, -0.1) is 0 Å². The topological polar surface area (TPSA) is 15.7 Å². The minimum absolute atomic E-state index is 0.320. The third kappa shape index (κ3) is 2.69. The van der Waals surface area contributed by atoms with Crippen LogP contribution in [0.1, 0.15) is 20.8 Å². The zero-order chi connectivity index (χ0) is 10.7.